The van der Waals surface area contributed by atoms with Gasteiger partial charge in [-0.1, -0.05) is 57.2 Å². The van der Waals surface area contributed by atoms with Crippen molar-refractivity contribution in [2.75, 3.05) is 5.32 Å². The van der Waals surface area contributed by atoms with Crippen molar-refractivity contribution in [3.63, 3.8) is 0 Å². The molecule has 3 aromatic rings. The molecular weight excluding hydrogens is 286 g/mol. The van der Waals surface area contributed by atoms with E-state index in [1.807, 2.05) is 36.4 Å². The zero-order valence-corrected chi connectivity index (χ0v) is 13.7. The van der Waals surface area contributed by atoms with Gasteiger partial charge in [0.15, 0.2) is 5.82 Å². The Labute approximate surface area is 136 Å². The van der Waals surface area contributed by atoms with Gasteiger partial charge in [0.05, 0.1) is 12.2 Å². The highest BCUT2D eigenvalue weighted by atomic mass is 15.5. The molecule has 0 radical (unpaired) electrons. The van der Waals surface area contributed by atoms with E-state index >= 15 is 0 Å². The highest BCUT2D eigenvalue weighted by molar-refractivity contribution is 5.54. The van der Waals surface area contributed by atoms with Crippen LogP contribution in [0.15, 0.2) is 54.6 Å². The van der Waals surface area contributed by atoms with E-state index in [4.69, 9.17) is 0 Å². The van der Waals surface area contributed by atoms with Crippen LogP contribution in [0.1, 0.15) is 32.2 Å². The number of nitrogens with one attached hydrogen (secondary N) is 1. The van der Waals surface area contributed by atoms with Gasteiger partial charge in [0.1, 0.15) is 0 Å². The van der Waals surface area contributed by atoms with Crippen molar-refractivity contribution in [1.82, 2.24) is 20.2 Å². The normalized spacial score (nSPS) is 11.4. The van der Waals surface area contributed by atoms with Crippen molar-refractivity contribution in [2.24, 2.45) is 0 Å². The van der Waals surface area contributed by atoms with Crippen LogP contribution in [0, 0.1) is 0 Å². The fourth-order valence-corrected chi connectivity index (χ4v) is 2.55. The quantitative estimate of drug-likeness (QED) is 0.800. The topological polar surface area (TPSA) is 55.6 Å². The summed E-state index contributed by atoms with van der Waals surface area (Å²) in [6.07, 6.45) is 0. The minimum absolute atomic E-state index is 0.0783. The minimum atomic E-state index is 0.0783. The van der Waals surface area contributed by atoms with Crippen molar-refractivity contribution >= 4 is 5.69 Å². The molecule has 0 aliphatic heterocycles. The molecule has 0 unspecified atom stereocenters. The van der Waals surface area contributed by atoms with Crippen LogP contribution in [0.5, 0.6) is 0 Å². The van der Waals surface area contributed by atoms with Gasteiger partial charge in [0, 0.05) is 5.69 Å². The number of anilines is 1. The third kappa shape index (κ3) is 3.39. The zero-order valence-electron chi connectivity index (χ0n) is 13.7. The summed E-state index contributed by atoms with van der Waals surface area (Å²) < 4.78 is 1.76. The van der Waals surface area contributed by atoms with E-state index in [1.165, 1.54) is 5.56 Å². The van der Waals surface area contributed by atoms with Gasteiger partial charge in [-0.15, -0.1) is 5.10 Å². The Bertz CT molecular complexity index is 771. The van der Waals surface area contributed by atoms with Crippen LogP contribution in [0.25, 0.3) is 5.69 Å². The Morgan fingerprint density at radius 2 is 1.65 bits per heavy atom. The molecule has 0 saturated carbocycles. The molecule has 1 aromatic heterocycles. The fourth-order valence-electron chi connectivity index (χ4n) is 2.55. The fraction of sp³-hybridized carbons (Fsp3) is 0.278. The van der Waals surface area contributed by atoms with E-state index in [2.05, 4.69) is 59.8 Å². The molecule has 5 heteroatoms. The second-order valence-corrected chi connectivity index (χ2v) is 6.49. The van der Waals surface area contributed by atoms with Crippen LogP contribution < -0.4 is 5.32 Å². The number of nitrogens with zero attached hydrogens (tertiary/aromatic N) is 4. The monoisotopic (exact) mass is 307 g/mol. The first-order valence-electron chi connectivity index (χ1n) is 7.72. The lowest BCUT2D eigenvalue weighted by atomic mass is 9.86. The van der Waals surface area contributed by atoms with E-state index in [-0.39, 0.29) is 5.41 Å². The summed E-state index contributed by atoms with van der Waals surface area (Å²) >= 11 is 0. The van der Waals surface area contributed by atoms with Crippen LogP contribution in [-0.2, 0) is 12.0 Å². The summed E-state index contributed by atoms with van der Waals surface area (Å²) in [7, 11) is 0. The van der Waals surface area contributed by atoms with Gasteiger partial charge in [-0.25, -0.2) is 0 Å². The molecule has 0 saturated heterocycles. The number of benzene rings is 2. The first-order chi connectivity index (χ1) is 11.1. The summed E-state index contributed by atoms with van der Waals surface area (Å²) in [5, 5.41) is 15.5. The Morgan fingerprint density at radius 1 is 0.957 bits per heavy atom. The summed E-state index contributed by atoms with van der Waals surface area (Å²) in [6.45, 7) is 7.19. The standard InChI is InChI=1S/C18H21N5/c1-18(2,3)15-11-7-8-12-16(15)19-13-17-20-21-22-23(17)14-9-5-4-6-10-14/h4-12,19H,13H2,1-3H3. The second-order valence-electron chi connectivity index (χ2n) is 6.49. The first kappa shape index (κ1) is 15.2. The van der Waals surface area contributed by atoms with Crippen LogP contribution >= 0.6 is 0 Å². The number of tetrazole rings is 1. The third-order valence-electron chi connectivity index (χ3n) is 3.71. The third-order valence-corrected chi connectivity index (χ3v) is 3.71. The SMILES string of the molecule is CC(C)(C)c1ccccc1NCc1nnnn1-c1ccccc1. The molecular formula is C18H21N5. The lowest BCUT2D eigenvalue weighted by Gasteiger charge is -2.23. The molecule has 3 rings (SSSR count). The molecule has 1 heterocycles. The van der Waals surface area contributed by atoms with Crippen LogP contribution in [-0.4, -0.2) is 20.2 Å². The molecule has 0 fully saturated rings. The molecule has 23 heavy (non-hydrogen) atoms. The van der Waals surface area contributed by atoms with E-state index in [9.17, 15) is 0 Å². The maximum atomic E-state index is 4.14. The highest BCUT2D eigenvalue weighted by Gasteiger charge is 2.17. The van der Waals surface area contributed by atoms with E-state index in [1.54, 1.807) is 4.68 Å². The highest BCUT2D eigenvalue weighted by Crippen LogP contribution is 2.29. The van der Waals surface area contributed by atoms with Crippen LogP contribution in [0.2, 0.25) is 0 Å². The molecule has 118 valence electrons. The number of rotatable bonds is 4. The van der Waals surface area contributed by atoms with Gasteiger partial charge in [-0.2, -0.15) is 4.68 Å². The number of hydrogen-bond donors (Lipinski definition) is 1. The van der Waals surface area contributed by atoms with Gasteiger partial charge in [0.25, 0.3) is 0 Å². The summed E-state index contributed by atoms with van der Waals surface area (Å²) in [5.74, 6) is 0.778. The summed E-state index contributed by atoms with van der Waals surface area (Å²) in [4.78, 5) is 0. The van der Waals surface area contributed by atoms with Crippen molar-refractivity contribution in [3.05, 3.63) is 66.0 Å². The number of hydrogen-bond acceptors (Lipinski definition) is 4. The molecule has 0 spiro atoms. The van der Waals surface area contributed by atoms with E-state index in [0.29, 0.717) is 6.54 Å². The van der Waals surface area contributed by atoms with Crippen LogP contribution in [0.3, 0.4) is 0 Å². The lowest BCUT2D eigenvalue weighted by molar-refractivity contribution is 0.591. The maximum Gasteiger partial charge on any atom is 0.175 e. The second kappa shape index (κ2) is 6.20. The number of aromatic nitrogens is 4. The van der Waals surface area contributed by atoms with E-state index in [0.717, 1.165) is 17.2 Å². The summed E-state index contributed by atoms with van der Waals surface area (Å²) in [6, 6.07) is 18.3. The van der Waals surface area contributed by atoms with Crippen LogP contribution in [0.4, 0.5) is 5.69 Å². The first-order valence-corrected chi connectivity index (χ1v) is 7.72. The predicted molar refractivity (Wildman–Crippen MR) is 91.6 cm³/mol. The zero-order chi connectivity index (χ0) is 16.3. The smallest absolute Gasteiger partial charge is 0.175 e. The molecule has 1 N–H and O–H groups in total. The maximum absolute atomic E-state index is 4.14. The van der Waals surface area contributed by atoms with Crippen molar-refractivity contribution in [3.8, 4) is 5.69 Å². The Kier molecular flexibility index (Phi) is 4.10. The predicted octanol–water partition coefficient (Wildman–Crippen LogP) is 3.57. The minimum Gasteiger partial charge on any atom is -0.377 e. The Hall–Kier alpha value is -2.69. The van der Waals surface area contributed by atoms with Gasteiger partial charge in [-0.3, -0.25) is 0 Å². The Balaban J connectivity index is 1.82. The molecule has 2 aromatic carbocycles. The lowest BCUT2D eigenvalue weighted by Crippen LogP contribution is -2.16. The van der Waals surface area contributed by atoms with Gasteiger partial charge in [0.2, 0.25) is 0 Å². The van der Waals surface area contributed by atoms with Gasteiger partial charge < -0.3 is 5.32 Å². The largest absolute Gasteiger partial charge is 0.377 e. The molecule has 0 atom stereocenters. The molecule has 0 aliphatic rings. The average molecular weight is 307 g/mol. The molecule has 0 bridgehead atoms. The van der Waals surface area contributed by atoms with Crippen molar-refractivity contribution < 1.29 is 0 Å². The summed E-state index contributed by atoms with van der Waals surface area (Å²) in [5.41, 5.74) is 3.43. The van der Waals surface area contributed by atoms with Gasteiger partial charge >= 0.3 is 0 Å². The average Bonchev–Trinajstić information content (AvgIpc) is 3.02. The molecule has 0 aliphatic carbocycles. The molecule has 5 nitrogen and oxygen atoms in total. The van der Waals surface area contributed by atoms with Crippen molar-refractivity contribution in [1.29, 1.82) is 0 Å². The van der Waals surface area contributed by atoms with Gasteiger partial charge in [-0.05, 0) is 39.6 Å². The number of para-hydroxylation sites is 2. The van der Waals surface area contributed by atoms with Crippen molar-refractivity contribution in [2.45, 2.75) is 32.7 Å². The molecule has 0 amide bonds. The Morgan fingerprint density at radius 3 is 2.39 bits per heavy atom. The van der Waals surface area contributed by atoms with E-state index < -0.39 is 0 Å².